The van der Waals surface area contributed by atoms with E-state index in [1.807, 2.05) is 12.1 Å². The molecule has 1 heterocycles. The SMILES string of the molecule is CSc1ccc(Nc2nnc(CNC3CC3)o2)cc1. The molecule has 0 radical (unpaired) electrons. The quantitative estimate of drug-likeness (QED) is 0.791. The molecular weight excluding hydrogens is 260 g/mol. The summed E-state index contributed by atoms with van der Waals surface area (Å²) in [6.07, 6.45) is 4.56. The van der Waals surface area contributed by atoms with E-state index < -0.39 is 0 Å². The monoisotopic (exact) mass is 276 g/mol. The second-order valence-corrected chi connectivity index (χ2v) is 5.39. The van der Waals surface area contributed by atoms with Gasteiger partial charge in [-0.15, -0.1) is 16.9 Å². The lowest BCUT2D eigenvalue weighted by molar-refractivity contribution is 0.478. The molecule has 0 aliphatic heterocycles. The van der Waals surface area contributed by atoms with Gasteiger partial charge in [0.25, 0.3) is 0 Å². The summed E-state index contributed by atoms with van der Waals surface area (Å²) in [5, 5.41) is 14.4. The highest BCUT2D eigenvalue weighted by Crippen LogP contribution is 2.21. The molecule has 1 saturated carbocycles. The molecule has 0 amide bonds. The van der Waals surface area contributed by atoms with Crippen LogP contribution in [0.2, 0.25) is 0 Å². The molecule has 1 aliphatic carbocycles. The van der Waals surface area contributed by atoms with Crippen LogP contribution >= 0.6 is 11.8 Å². The third kappa shape index (κ3) is 3.48. The summed E-state index contributed by atoms with van der Waals surface area (Å²) in [5.41, 5.74) is 0.947. The van der Waals surface area contributed by atoms with Crippen LogP contribution in [0.1, 0.15) is 18.7 Å². The van der Waals surface area contributed by atoms with Gasteiger partial charge in [0.05, 0.1) is 6.54 Å². The number of thioether (sulfide) groups is 1. The Balaban J connectivity index is 1.58. The average molecular weight is 276 g/mol. The van der Waals surface area contributed by atoms with Gasteiger partial charge in [-0.2, -0.15) is 0 Å². The van der Waals surface area contributed by atoms with Crippen LogP contribution in [0.25, 0.3) is 0 Å². The Morgan fingerprint density at radius 1 is 1.26 bits per heavy atom. The van der Waals surface area contributed by atoms with Crippen LogP contribution in [0.4, 0.5) is 11.7 Å². The van der Waals surface area contributed by atoms with Gasteiger partial charge in [-0.05, 0) is 43.4 Å². The molecule has 2 aromatic rings. The standard InChI is InChI=1S/C13H16N4OS/c1-19-11-6-4-10(5-7-11)15-13-17-16-12(18-13)8-14-9-2-3-9/h4-7,9,14H,2-3,8H2,1H3,(H,15,17). The van der Waals surface area contributed by atoms with Crippen LogP contribution in [0, 0.1) is 0 Å². The Hall–Kier alpha value is -1.53. The van der Waals surface area contributed by atoms with Gasteiger partial charge in [0.15, 0.2) is 0 Å². The van der Waals surface area contributed by atoms with Crippen LogP contribution < -0.4 is 10.6 Å². The van der Waals surface area contributed by atoms with Gasteiger partial charge in [0, 0.05) is 16.6 Å². The topological polar surface area (TPSA) is 63.0 Å². The molecule has 100 valence electrons. The first-order valence-corrected chi connectivity index (χ1v) is 7.53. The van der Waals surface area contributed by atoms with Gasteiger partial charge in [-0.3, -0.25) is 0 Å². The lowest BCUT2D eigenvalue weighted by atomic mass is 10.3. The molecule has 2 N–H and O–H groups in total. The van der Waals surface area contributed by atoms with E-state index in [0.29, 0.717) is 24.5 Å². The molecule has 1 aromatic carbocycles. The molecule has 1 fully saturated rings. The number of hydrogen-bond acceptors (Lipinski definition) is 6. The first-order chi connectivity index (χ1) is 9.33. The van der Waals surface area contributed by atoms with Crippen molar-refractivity contribution in [2.75, 3.05) is 11.6 Å². The number of anilines is 2. The maximum Gasteiger partial charge on any atom is 0.320 e. The summed E-state index contributed by atoms with van der Waals surface area (Å²) >= 11 is 1.72. The highest BCUT2D eigenvalue weighted by Gasteiger charge is 2.21. The first kappa shape index (κ1) is 12.5. The minimum absolute atomic E-state index is 0.435. The zero-order chi connectivity index (χ0) is 13.1. The number of benzene rings is 1. The van der Waals surface area contributed by atoms with Crippen molar-refractivity contribution in [1.82, 2.24) is 15.5 Å². The zero-order valence-corrected chi connectivity index (χ0v) is 11.5. The number of hydrogen-bond donors (Lipinski definition) is 2. The number of aromatic nitrogens is 2. The Morgan fingerprint density at radius 2 is 2.05 bits per heavy atom. The van der Waals surface area contributed by atoms with Crippen molar-refractivity contribution in [1.29, 1.82) is 0 Å². The summed E-state index contributed by atoms with van der Waals surface area (Å²) in [7, 11) is 0. The van der Waals surface area contributed by atoms with Crippen molar-refractivity contribution in [3.8, 4) is 0 Å². The van der Waals surface area contributed by atoms with E-state index in [0.717, 1.165) is 5.69 Å². The summed E-state index contributed by atoms with van der Waals surface area (Å²) in [6.45, 7) is 0.644. The smallest absolute Gasteiger partial charge is 0.320 e. The van der Waals surface area contributed by atoms with E-state index in [1.165, 1.54) is 17.7 Å². The van der Waals surface area contributed by atoms with Crippen LogP contribution in [0.5, 0.6) is 0 Å². The van der Waals surface area contributed by atoms with Gasteiger partial charge in [-0.25, -0.2) is 0 Å². The lowest BCUT2D eigenvalue weighted by Crippen LogP contribution is -2.15. The highest BCUT2D eigenvalue weighted by molar-refractivity contribution is 7.98. The number of rotatable bonds is 6. The van der Waals surface area contributed by atoms with Crippen molar-refractivity contribution >= 4 is 23.5 Å². The van der Waals surface area contributed by atoms with Crippen molar-refractivity contribution in [3.63, 3.8) is 0 Å². The minimum atomic E-state index is 0.435. The summed E-state index contributed by atoms with van der Waals surface area (Å²) < 4.78 is 5.52. The second kappa shape index (κ2) is 5.63. The summed E-state index contributed by atoms with van der Waals surface area (Å²) in [6, 6.07) is 9.18. The van der Waals surface area contributed by atoms with E-state index in [2.05, 4.69) is 39.2 Å². The van der Waals surface area contributed by atoms with Crippen molar-refractivity contribution in [3.05, 3.63) is 30.2 Å². The van der Waals surface area contributed by atoms with Gasteiger partial charge in [0.1, 0.15) is 0 Å². The van der Waals surface area contributed by atoms with E-state index >= 15 is 0 Å². The fraction of sp³-hybridized carbons (Fsp3) is 0.385. The van der Waals surface area contributed by atoms with Gasteiger partial charge in [0.2, 0.25) is 5.89 Å². The molecule has 6 heteroatoms. The fourth-order valence-electron chi connectivity index (χ4n) is 1.69. The normalized spacial score (nSPS) is 14.6. The third-order valence-corrected chi connectivity index (χ3v) is 3.67. The van der Waals surface area contributed by atoms with Gasteiger partial charge >= 0.3 is 6.01 Å². The van der Waals surface area contributed by atoms with E-state index in [1.54, 1.807) is 11.8 Å². The first-order valence-electron chi connectivity index (χ1n) is 6.30. The van der Waals surface area contributed by atoms with Crippen LogP contribution in [0.3, 0.4) is 0 Å². The Kier molecular flexibility index (Phi) is 3.70. The molecule has 3 rings (SSSR count). The van der Waals surface area contributed by atoms with Crippen molar-refractivity contribution in [2.24, 2.45) is 0 Å². The van der Waals surface area contributed by atoms with Crippen molar-refractivity contribution < 1.29 is 4.42 Å². The molecule has 0 bridgehead atoms. The highest BCUT2D eigenvalue weighted by atomic mass is 32.2. The van der Waals surface area contributed by atoms with Gasteiger partial charge in [-0.1, -0.05) is 5.10 Å². The Morgan fingerprint density at radius 3 is 2.74 bits per heavy atom. The summed E-state index contributed by atoms with van der Waals surface area (Å²) in [5.74, 6) is 0.620. The Labute approximate surface area is 116 Å². The second-order valence-electron chi connectivity index (χ2n) is 4.51. The van der Waals surface area contributed by atoms with Crippen LogP contribution in [-0.4, -0.2) is 22.5 Å². The van der Waals surface area contributed by atoms with Crippen LogP contribution in [-0.2, 0) is 6.54 Å². The minimum Gasteiger partial charge on any atom is -0.406 e. The van der Waals surface area contributed by atoms with Crippen molar-refractivity contribution in [2.45, 2.75) is 30.3 Å². The van der Waals surface area contributed by atoms with E-state index in [9.17, 15) is 0 Å². The molecule has 1 aliphatic rings. The average Bonchev–Trinajstić information content (AvgIpc) is 3.17. The number of nitrogens with one attached hydrogen (secondary N) is 2. The molecule has 19 heavy (non-hydrogen) atoms. The lowest BCUT2D eigenvalue weighted by Gasteiger charge is -2.02. The maximum atomic E-state index is 5.52. The molecule has 1 aromatic heterocycles. The molecule has 5 nitrogen and oxygen atoms in total. The van der Waals surface area contributed by atoms with E-state index in [4.69, 9.17) is 4.42 Å². The number of nitrogens with zero attached hydrogens (tertiary/aromatic N) is 2. The Bertz CT molecular complexity index is 536. The molecule has 0 saturated heterocycles. The largest absolute Gasteiger partial charge is 0.406 e. The summed E-state index contributed by atoms with van der Waals surface area (Å²) in [4.78, 5) is 1.23. The van der Waals surface area contributed by atoms with Crippen LogP contribution in [0.15, 0.2) is 33.6 Å². The van der Waals surface area contributed by atoms with E-state index in [-0.39, 0.29) is 0 Å². The zero-order valence-electron chi connectivity index (χ0n) is 10.7. The maximum absolute atomic E-state index is 5.52. The third-order valence-electron chi connectivity index (χ3n) is 2.93. The molecule has 0 unspecified atom stereocenters. The fourth-order valence-corrected chi connectivity index (χ4v) is 2.10. The molecule has 0 atom stereocenters. The van der Waals surface area contributed by atoms with Gasteiger partial charge < -0.3 is 15.1 Å². The molecular formula is C13H16N4OS. The molecule has 0 spiro atoms. The predicted molar refractivity (Wildman–Crippen MR) is 75.7 cm³/mol. The predicted octanol–water partition coefficient (Wildman–Crippen LogP) is 2.79.